The van der Waals surface area contributed by atoms with Gasteiger partial charge in [-0.05, 0) is 18.6 Å². The summed E-state index contributed by atoms with van der Waals surface area (Å²) in [5.74, 6) is -0.870. The molecule has 19 heavy (non-hydrogen) atoms. The minimum atomic E-state index is -0.435. The van der Waals surface area contributed by atoms with Crippen LogP contribution >= 0.6 is 24.8 Å². The minimum Gasteiger partial charge on any atom is -0.314 e. The Kier molecular flexibility index (Phi) is 8.50. The van der Waals surface area contributed by atoms with E-state index >= 15 is 0 Å². The molecule has 1 aromatic carbocycles. The van der Waals surface area contributed by atoms with Crippen molar-refractivity contribution < 1.29 is 8.78 Å². The third-order valence-corrected chi connectivity index (χ3v) is 3.31. The van der Waals surface area contributed by atoms with Gasteiger partial charge in [0.25, 0.3) is 0 Å². The van der Waals surface area contributed by atoms with Crippen LogP contribution in [0.1, 0.15) is 24.9 Å². The van der Waals surface area contributed by atoms with E-state index in [0.717, 1.165) is 32.6 Å². The van der Waals surface area contributed by atoms with Crippen LogP contribution in [0.4, 0.5) is 8.78 Å². The highest BCUT2D eigenvalue weighted by atomic mass is 35.5. The number of hydrogen-bond donors (Lipinski definition) is 1. The maximum absolute atomic E-state index is 13.8. The first-order valence-corrected chi connectivity index (χ1v) is 6.12. The third kappa shape index (κ3) is 4.28. The Labute approximate surface area is 125 Å². The van der Waals surface area contributed by atoms with Crippen LogP contribution in [0.2, 0.25) is 0 Å². The quantitative estimate of drug-likeness (QED) is 0.922. The molecule has 0 bridgehead atoms. The summed E-state index contributed by atoms with van der Waals surface area (Å²) in [5.41, 5.74) is 0.219. The van der Waals surface area contributed by atoms with E-state index in [1.54, 1.807) is 0 Å². The molecule has 1 saturated heterocycles. The highest BCUT2D eigenvalue weighted by Crippen LogP contribution is 2.28. The molecule has 1 atom stereocenters. The van der Waals surface area contributed by atoms with Gasteiger partial charge in [-0.3, -0.25) is 4.90 Å². The minimum absolute atomic E-state index is 0. The lowest BCUT2D eigenvalue weighted by molar-refractivity contribution is 0.163. The van der Waals surface area contributed by atoms with Gasteiger partial charge in [-0.25, -0.2) is 8.78 Å². The van der Waals surface area contributed by atoms with Crippen LogP contribution < -0.4 is 5.32 Å². The van der Waals surface area contributed by atoms with E-state index in [1.807, 2.05) is 6.92 Å². The van der Waals surface area contributed by atoms with Gasteiger partial charge in [0, 0.05) is 37.8 Å². The Balaban J connectivity index is 0.00000162. The van der Waals surface area contributed by atoms with Crippen LogP contribution in [0.3, 0.4) is 0 Å². The first-order chi connectivity index (χ1) is 8.24. The fourth-order valence-electron chi connectivity index (χ4n) is 2.47. The third-order valence-electron chi connectivity index (χ3n) is 3.31. The predicted molar refractivity (Wildman–Crippen MR) is 78.3 cm³/mol. The SMILES string of the molecule is CC[C@@H](c1c(F)cccc1F)N1CCNCC1.Cl.Cl. The van der Waals surface area contributed by atoms with Gasteiger partial charge in [-0.15, -0.1) is 24.8 Å². The molecule has 1 N–H and O–H groups in total. The van der Waals surface area contributed by atoms with Crippen molar-refractivity contribution in [2.75, 3.05) is 26.2 Å². The van der Waals surface area contributed by atoms with Gasteiger partial charge < -0.3 is 5.32 Å². The van der Waals surface area contributed by atoms with Gasteiger partial charge in [0.05, 0.1) is 0 Å². The summed E-state index contributed by atoms with van der Waals surface area (Å²) in [6.07, 6.45) is 0.720. The Hall–Kier alpha value is -0.420. The summed E-state index contributed by atoms with van der Waals surface area (Å²) in [6, 6.07) is 3.93. The fraction of sp³-hybridized carbons (Fsp3) is 0.538. The van der Waals surface area contributed by atoms with Gasteiger partial charge in [0.2, 0.25) is 0 Å². The number of hydrogen-bond acceptors (Lipinski definition) is 2. The van der Waals surface area contributed by atoms with Crippen molar-refractivity contribution >= 4 is 24.8 Å². The lowest BCUT2D eigenvalue weighted by Crippen LogP contribution is -2.45. The van der Waals surface area contributed by atoms with Crippen molar-refractivity contribution in [3.05, 3.63) is 35.4 Å². The monoisotopic (exact) mass is 312 g/mol. The molecule has 0 unspecified atom stereocenters. The van der Waals surface area contributed by atoms with E-state index < -0.39 is 11.6 Å². The van der Waals surface area contributed by atoms with Crippen LogP contribution in [0.25, 0.3) is 0 Å². The van der Waals surface area contributed by atoms with Gasteiger partial charge in [0.1, 0.15) is 11.6 Å². The molecule has 6 heteroatoms. The number of halogens is 4. The summed E-state index contributed by atoms with van der Waals surface area (Å²) >= 11 is 0. The second kappa shape index (κ2) is 8.69. The van der Waals surface area contributed by atoms with Gasteiger partial charge in [-0.2, -0.15) is 0 Å². The van der Waals surface area contributed by atoms with E-state index in [-0.39, 0.29) is 36.4 Å². The normalized spacial score (nSPS) is 17.2. The van der Waals surface area contributed by atoms with E-state index in [1.165, 1.54) is 18.2 Å². The molecule has 110 valence electrons. The second-order valence-corrected chi connectivity index (χ2v) is 4.35. The largest absolute Gasteiger partial charge is 0.314 e. The lowest BCUT2D eigenvalue weighted by Gasteiger charge is -2.34. The van der Waals surface area contributed by atoms with Crippen molar-refractivity contribution in [1.29, 1.82) is 0 Å². The topological polar surface area (TPSA) is 15.3 Å². The highest BCUT2D eigenvalue weighted by Gasteiger charge is 2.25. The van der Waals surface area contributed by atoms with Crippen molar-refractivity contribution in [2.45, 2.75) is 19.4 Å². The molecule has 1 aliphatic heterocycles. The molecule has 1 aliphatic rings. The Morgan fingerprint density at radius 1 is 1.16 bits per heavy atom. The molecule has 0 amide bonds. The Bertz CT molecular complexity index is 365. The van der Waals surface area contributed by atoms with Crippen LogP contribution in [-0.2, 0) is 0 Å². The zero-order valence-electron chi connectivity index (χ0n) is 10.9. The number of rotatable bonds is 3. The smallest absolute Gasteiger partial charge is 0.130 e. The van der Waals surface area contributed by atoms with Crippen LogP contribution in [0, 0.1) is 11.6 Å². The van der Waals surface area contributed by atoms with Gasteiger partial charge in [0.15, 0.2) is 0 Å². The van der Waals surface area contributed by atoms with E-state index in [0.29, 0.717) is 0 Å². The summed E-state index contributed by atoms with van der Waals surface area (Å²) in [6.45, 7) is 5.41. The highest BCUT2D eigenvalue weighted by molar-refractivity contribution is 5.85. The maximum atomic E-state index is 13.8. The summed E-state index contributed by atoms with van der Waals surface area (Å²) < 4.78 is 27.5. The molecule has 0 spiro atoms. The average Bonchev–Trinajstić information content (AvgIpc) is 2.35. The lowest BCUT2D eigenvalue weighted by atomic mass is 10.0. The molecular formula is C13H20Cl2F2N2. The second-order valence-electron chi connectivity index (χ2n) is 4.35. The molecule has 2 nitrogen and oxygen atoms in total. The number of nitrogens with zero attached hydrogens (tertiary/aromatic N) is 1. The fourth-order valence-corrected chi connectivity index (χ4v) is 2.47. The first kappa shape index (κ1) is 18.6. The van der Waals surface area contributed by atoms with Crippen LogP contribution in [-0.4, -0.2) is 31.1 Å². The van der Waals surface area contributed by atoms with Crippen LogP contribution in [0.15, 0.2) is 18.2 Å². The van der Waals surface area contributed by atoms with Crippen molar-refractivity contribution in [3.63, 3.8) is 0 Å². The Morgan fingerprint density at radius 3 is 2.16 bits per heavy atom. The predicted octanol–water partition coefficient (Wildman–Crippen LogP) is 3.16. The molecule has 0 aliphatic carbocycles. The standard InChI is InChI=1S/C13H18F2N2.2ClH/c1-2-12(17-8-6-16-7-9-17)13-10(14)4-3-5-11(13)15;;/h3-5,12,16H,2,6-9H2,1H3;2*1H/t12-;;/m0../s1. The number of piperazine rings is 1. The molecule has 1 fully saturated rings. The van der Waals surface area contributed by atoms with Gasteiger partial charge in [-0.1, -0.05) is 13.0 Å². The average molecular weight is 313 g/mol. The summed E-state index contributed by atoms with van der Waals surface area (Å²) in [4.78, 5) is 2.15. The van der Waals surface area contributed by atoms with Gasteiger partial charge >= 0.3 is 0 Å². The molecule has 0 saturated carbocycles. The van der Waals surface area contributed by atoms with Crippen LogP contribution in [0.5, 0.6) is 0 Å². The molecule has 1 aromatic rings. The zero-order valence-corrected chi connectivity index (χ0v) is 12.5. The van der Waals surface area contributed by atoms with Crippen molar-refractivity contribution in [2.24, 2.45) is 0 Å². The molecule has 0 radical (unpaired) electrons. The summed E-state index contributed by atoms with van der Waals surface area (Å²) in [7, 11) is 0. The number of nitrogens with one attached hydrogen (secondary N) is 1. The van der Waals surface area contributed by atoms with E-state index in [2.05, 4.69) is 10.2 Å². The number of benzene rings is 1. The first-order valence-electron chi connectivity index (χ1n) is 6.12. The molecule has 1 heterocycles. The van der Waals surface area contributed by atoms with Crippen molar-refractivity contribution in [3.8, 4) is 0 Å². The molecule has 2 rings (SSSR count). The Morgan fingerprint density at radius 2 is 1.68 bits per heavy atom. The van der Waals surface area contributed by atoms with E-state index in [9.17, 15) is 8.78 Å². The molecular weight excluding hydrogens is 293 g/mol. The maximum Gasteiger partial charge on any atom is 0.130 e. The molecule has 0 aromatic heterocycles. The zero-order chi connectivity index (χ0) is 12.3. The van der Waals surface area contributed by atoms with E-state index in [4.69, 9.17) is 0 Å². The summed E-state index contributed by atoms with van der Waals surface area (Å²) in [5, 5.41) is 3.25. The van der Waals surface area contributed by atoms with Crippen molar-refractivity contribution in [1.82, 2.24) is 10.2 Å².